The SMILES string of the molecule is Cc1ccc(NC(=O)[C@H](N)C(C)C)c(Cl)c1.Cl. The zero-order valence-corrected chi connectivity index (χ0v) is 11.7. The van der Waals surface area contributed by atoms with Gasteiger partial charge in [0, 0.05) is 0 Å². The van der Waals surface area contributed by atoms with Gasteiger partial charge in [-0.25, -0.2) is 0 Å². The first-order valence-corrected chi connectivity index (χ1v) is 5.62. The molecule has 5 heteroatoms. The van der Waals surface area contributed by atoms with E-state index < -0.39 is 6.04 Å². The lowest BCUT2D eigenvalue weighted by molar-refractivity contribution is -0.118. The van der Waals surface area contributed by atoms with E-state index in [-0.39, 0.29) is 24.2 Å². The van der Waals surface area contributed by atoms with E-state index in [1.807, 2.05) is 26.8 Å². The highest BCUT2D eigenvalue weighted by Crippen LogP contribution is 2.22. The fourth-order valence-electron chi connectivity index (χ4n) is 1.24. The number of anilines is 1. The third kappa shape index (κ3) is 4.54. The summed E-state index contributed by atoms with van der Waals surface area (Å²) in [5.74, 6) is -0.107. The lowest BCUT2D eigenvalue weighted by Crippen LogP contribution is -2.39. The van der Waals surface area contributed by atoms with E-state index in [1.54, 1.807) is 12.1 Å². The lowest BCUT2D eigenvalue weighted by Gasteiger charge is -2.16. The Hall–Kier alpha value is -0.770. The molecule has 0 unspecified atom stereocenters. The number of nitrogens with two attached hydrogens (primary N) is 1. The van der Waals surface area contributed by atoms with Crippen molar-refractivity contribution in [2.24, 2.45) is 11.7 Å². The molecule has 1 amide bonds. The predicted octanol–water partition coefficient (Wildman–Crippen LogP) is 2.99. The number of carbonyl (C=O) groups is 1. The molecule has 0 fully saturated rings. The number of rotatable bonds is 3. The van der Waals surface area contributed by atoms with Crippen molar-refractivity contribution in [1.82, 2.24) is 0 Å². The standard InChI is InChI=1S/C12H17ClN2O.ClH/c1-7(2)11(14)12(16)15-10-5-4-8(3)6-9(10)13;/h4-7,11H,14H2,1-3H3,(H,15,16);1H/t11-;/m1./s1. The van der Waals surface area contributed by atoms with Gasteiger partial charge in [0.1, 0.15) is 0 Å². The Morgan fingerprint density at radius 2 is 2.00 bits per heavy atom. The smallest absolute Gasteiger partial charge is 0.241 e. The monoisotopic (exact) mass is 276 g/mol. The number of hydrogen-bond acceptors (Lipinski definition) is 2. The van der Waals surface area contributed by atoms with Crippen LogP contribution in [0.5, 0.6) is 0 Å². The highest BCUT2D eigenvalue weighted by Gasteiger charge is 2.17. The molecule has 1 atom stereocenters. The van der Waals surface area contributed by atoms with Gasteiger partial charge in [0.15, 0.2) is 0 Å². The van der Waals surface area contributed by atoms with Crippen molar-refractivity contribution in [1.29, 1.82) is 0 Å². The Labute approximate surface area is 113 Å². The summed E-state index contributed by atoms with van der Waals surface area (Å²) >= 11 is 6.00. The number of hydrogen-bond donors (Lipinski definition) is 2. The van der Waals surface area contributed by atoms with E-state index >= 15 is 0 Å². The van der Waals surface area contributed by atoms with Gasteiger partial charge in [-0.3, -0.25) is 4.79 Å². The number of halogens is 2. The van der Waals surface area contributed by atoms with Crippen LogP contribution in [0.15, 0.2) is 18.2 Å². The Morgan fingerprint density at radius 1 is 1.41 bits per heavy atom. The molecule has 3 nitrogen and oxygen atoms in total. The van der Waals surface area contributed by atoms with Gasteiger partial charge in [-0.1, -0.05) is 31.5 Å². The second kappa shape index (κ2) is 6.84. The van der Waals surface area contributed by atoms with Gasteiger partial charge in [-0.15, -0.1) is 12.4 Å². The van der Waals surface area contributed by atoms with Crippen LogP contribution in [0.1, 0.15) is 19.4 Å². The molecule has 0 heterocycles. The third-order valence-electron chi connectivity index (χ3n) is 2.40. The van der Waals surface area contributed by atoms with Gasteiger partial charge in [0.2, 0.25) is 5.91 Å². The molecule has 0 saturated heterocycles. The van der Waals surface area contributed by atoms with E-state index in [2.05, 4.69) is 5.32 Å². The minimum Gasteiger partial charge on any atom is -0.323 e. The summed E-state index contributed by atoms with van der Waals surface area (Å²) in [6.45, 7) is 5.75. The van der Waals surface area contributed by atoms with Crippen LogP contribution in [0.4, 0.5) is 5.69 Å². The molecular formula is C12H18Cl2N2O. The molecule has 0 aliphatic rings. The Morgan fingerprint density at radius 3 is 2.47 bits per heavy atom. The van der Waals surface area contributed by atoms with Gasteiger partial charge in [-0.2, -0.15) is 0 Å². The van der Waals surface area contributed by atoms with Crippen LogP contribution in [0.25, 0.3) is 0 Å². The fourth-order valence-corrected chi connectivity index (χ4v) is 1.52. The maximum Gasteiger partial charge on any atom is 0.241 e. The number of aryl methyl sites for hydroxylation is 1. The van der Waals surface area contributed by atoms with Crippen molar-refractivity contribution < 1.29 is 4.79 Å². The molecule has 0 radical (unpaired) electrons. The van der Waals surface area contributed by atoms with E-state index in [0.717, 1.165) is 5.56 Å². The van der Waals surface area contributed by atoms with Crippen LogP contribution in [0.2, 0.25) is 5.02 Å². The predicted molar refractivity (Wildman–Crippen MR) is 74.9 cm³/mol. The quantitative estimate of drug-likeness (QED) is 0.892. The van der Waals surface area contributed by atoms with Crippen LogP contribution < -0.4 is 11.1 Å². The van der Waals surface area contributed by atoms with Gasteiger partial charge in [0.25, 0.3) is 0 Å². The first-order valence-electron chi connectivity index (χ1n) is 5.24. The number of benzene rings is 1. The van der Waals surface area contributed by atoms with Crippen molar-refractivity contribution >= 4 is 35.6 Å². The maximum absolute atomic E-state index is 11.7. The average molecular weight is 277 g/mol. The van der Waals surface area contributed by atoms with Crippen LogP contribution in [-0.4, -0.2) is 11.9 Å². The van der Waals surface area contributed by atoms with Crippen LogP contribution in [0.3, 0.4) is 0 Å². The van der Waals surface area contributed by atoms with Crippen molar-refractivity contribution in [2.45, 2.75) is 26.8 Å². The molecule has 0 aromatic heterocycles. The van der Waals surface area contributed by atoms with Gasteiger partial charge in [-0.05, 0) is 30.5 Å². The minimum absolute atomic E-state index is 0. The van der Waals surface area contributed by atoms with E-state index in [9.17, 15) is 4.79 Å². The van der Waals surface area contributed by atoms with Gasteiger partial charge in [0.05, 0.1) is 16.8 Å². The van der Waals surface area contributed by atoms with Gasteiger partial charge >= 0.3 is 0 Å². The van der Waals surface area contributed by atoms with Crippen molar-refractivity contribution in [3.63, 3.8) is 0 Å². The van der Waals surface area contributed by atoms with E-state index in [0.29, 0.717) is 10.7 Å². The van der Waals surface area contributed by atoms with Crippen LogP contribution >= 0.6 is 24.0 Å². The number of carbonyl (C=O) groups excluding carboxylic acids is 1. The molecule has 0 saturated carbocycles. The van der Waals surface area contributed by atoms with Crippen molar-refractivity contribution in [3.8, 4) is 0 Å². The summed E-state index contributed by atoms with van der Waals surface area (Å²) in [6.07, 6.45) is 0. The molecule has 0 bridgehead atoms. The zero-order chi connectivity index (χ0) is 12.3. The molecule has 0 spiro atoms. The highest BCUT2D eigenvalue weighted by atomic mass is 35.5. The second-order valence-electron chi connectivity index (χ2n) is 4.24. The van der Waals surface area contributed by atoms with Crippen LogP contribution in [0, 0.1) is 12.8 Å². The summed E-state index contributed by atoms with van der Waals surface area (Å²) < 4.78 is 0. The normalized spacial score (nSPS) is 11.9. The lowest BCUT2D eigenvalue weighted by atomic mass is 10.0. The first kappa shape index (κ1) is 16.2. The van der Waals surface area contributed by atoms with Gasteiger partial charge < -0.3 is 11.1 Å². The summed E-state index contributed by atoms with van der Waals surface area (Å²) in [5, 5.41) is 3.25. The molecule has 96 valence electrons. The fraction of sp³-hybridized carbons (Fsp3) is 0.417. The molecule has 3 N–H and O–H groups in total. The first-order chi connectivity index (χ1) is 7.41. The molecular weight excluding hydrogens is 259 g/mol. The second-order valence-corrected chi connectivity index (χ2v) is 4.65. The summed E-state index contributed by atoms with van der Waals surface area (Å²) in [7, 11) is 0. The highest BCUT2D eigenvalue weighted by molar-refractivity contribution is 6.33. The average Bonchev–Trinajstić information content (AvgIpc) is 2.20. The molecule has 0 aliphatic carbocycles. The molecule has 1 aromatic carbocycles. The van der Waals surface area contributed by atoms with Crippen molar-refractivity contribution in [3.05, 3.63) is 28.8 Å². The molecule has 17 heavy (non-hydrogen) atoms. The summed E-state index contributed by atoms with van der Waals surface area (Å²) in [5.41, 5.74) is 7.39. The topological polar surface area (TPSA) is 55.1 Å². The molecule has 1 rings (SSSR count). The van der Waals surface area contributed by atoms with Crippen LogP contribution in [-0.2, 0) is 4.79 Å². The summed E-state index contributed by atoms with van der Waals surface area (Å²) in [6, 6.07) is 4.96. The number of nitrogens with one attached hydrogen (secondary N) is 1. The third-order valence-corrected chi connectivity index (χ3v) is 2.72. The molecule has 1 aromatic rings. The largest absolute Gasteiger partial charge is 0.323 e. The molecule has 0 aliphatic heterocycles. The Bertz CT molecular complexity index is 394. The maximum atomic E-state index is 11.7. The van der Waals surface area contributed by atoms with Crippen molar-refractivity contribution in [2.75, 3.05) is 5.32 Å². The Balaban J connectivity index is 0.00000256. The number of amides is 1. The minimum atomic E-state index is -0.516. The summed E-state index contributed by atoms with van der Waals surface area (Å²) in [4.78, 5) is 11.7. The van der Waals surface area contributed by atoms with E-state index in [4.69, 9.17) is 17.3 Å². The Kier molecular flexibility index (Phi) is 6.53. The van der Waals surface area contributed by atoms with E-state index in [1.165, 1.54) is 0 Å². The zero-order valence-electron chi connectivity index (χ0n) is 10.2.